The van der Waals surface area contributed by atoms with Crippen LogP contribution in [0.5, 0.6) is 0 Å². The fourth-order valence-electron chi connectivity index (χ4n) is 3.84. The molecule has 2 heterocycles. The van der Waals surface area contributed by atoms with E-state index in [1.54, 1.807) is 16.8 Å². The number of rotatable bonds is 4. The fourth-order valence-corrected chi connectivity index (χ4v) is 3.84. The van der Waals surface area contributed by atoms with Crippen molar-refractivity contribution in [2.45, 2.75) is 31.6 Å². The van der Waals surface area contributed by atoms with Gasteiger partial charge in [-0.25, -0.2) is 4.68 Å². The van der Waals surface area contributed by atoms with Crippen LogP contribution in [0.4, 0.5) is 18.9 Å². The lowest BCUT2D eigenvalue weighted by atomic mass is 10.0. The first kappa shape index (κ1) is 19.3. The van der Waals surface area contributed by atoms with Crippen molar-refractivity contribution in [2.24, 2.45) is 0 Å². The van der Waals surface area contributed by atoms with Gasteiger partial charge >= 0.3 is 6.18 Å². The van der Waals surface area contributed by atoms with E-state index in [4.69, 9.17) is 0 Å². The molecular weight excluding hydrogens is 387 g/mol. The summed E-state index contributed by atoms with van der Waals surface area (Å²) in [4.78, 5) is 11.7. The third-order valence-electron chi connectivity index (χ3n) is 5.41. The van der Waals surface area contributed by atoms with Crippen molar-refractivity contribution in [1.82, 2.24) is 15.0 Å². The number of non-ortho nitro benzene ring substituents is 1. The van der Waals surface area contributed by atoms with Gasteiger partial charge < -0.3 is 4.90 Å². The second-order valence-electron chi connectivity index (χ2n) is 7.32. The van der Waals surface area contributed by atoms with E-state index in [-0.39, 0.29) is 17.2 Å². The molecule has 2 aromatic carbocycles. The van der Waals surface area contributed by atoms with E-state index in [9.17, 15) is 23.3 Å². The zero-order valence-electron chi connectivity index (χ0n) is 15.4. The Bertz CT molecular complexity index is 1020. The number of nitrogens with zero attached hydrogens (tertiary/aromatic N) is 4. The largest absolute Gasteiger partial charge is 0.416 e. The van der Waals surface area contributed by atoms with Crippen LogP contribution in [-0.2, 0) is 12.7 Å². The van der Waals surface area contributed by atoms with E-state index in [1.807, 2.05) is 0 Å². The van der Waals surface area contributed by atoms with Crippen LogP contribution in [0.15, 0.2) is 42.5 Å². The molecule has 1 aliphatic rings. The number of quaternary nitrogens is 1. The van der Waals surface area contributed by atoms with Gasteiger partial charge in [-0.3, -0.25) is 10.1 Å². The molecule has 0 aliphatic carbocycles. The van der Waals surface area contributed by atoms with Crippen LogP contribution < -0.4 is 4.90 Å². The molecule has 1 saturated heterocycles. The Kier molecular flexibility index (Phi) is 4.95. The molecule has 7 nitrogen and oxygen atoms in total. The van der Waals surface area contributed by atoms with E-state index in [1.165, 1.54) is 23.1 Å². The van der Waals surface area contributed by atoms with E-state index < -0.39 is 16.7 Å². The molecule has 29 heavy (non-hydrogen) atoms. The highest BCUT2D eigenvalue weighted by Crippen LogP contribution is 2.31. The SMILES string of the molecule is O=[N+]([O-])c1ccc(C[NH+]2CCC(n3nnc4cc(C(F)(F)F)ccc43)CC2)cc1. The van der Waals surface area contributed by atoms with Gasteiger partial charge in [0.2, 0.25) is 0 Å². The number of nitrogens with one attached hydrogen (secondary N) is 1. The van der Waals surface area contributed by atoms with Crippen molar-refractivity contribution >= 4 is 16.7 Å². The van der Waals surface area contributed by atoms with Gasteiger partial charge in [0, 0.05) is 30.5 Å². The molecule has 0 radical (unpaired) electrons. The molecule has 0 unspecified atom stereocenters. The third-order valence-corrected chi connectivity index (χ3v) is 5.41. The minimum Gasteiger partial charge on any atom is -0.331 e. The van der Waals surface area contributed by atoms with Crippen molar-refractivity contribution in [3.63, 3.8) is 0 Å². The number of benzene rings is 2. The van der Waals surface area contributed by atoms with Crippen LogP contribution in [0.2, 0.25) is 0 Å². The number of halogens is 3. The molecule has 0 spiro atoms. The summed E-state index contributed by atoms with van der Waals surface area (Å²) >= 11 is 0. The minimum absolute atomic E-state index is 0.0780. The van der Waals surface area contributed by atoms with Crippen LogP contribution in [0.1, 0.15) is 30.0 Å². The zero-order chi connectivity index (χ0) is 20.6. The predicted molar refractivity (Wildman–Crippen MR) is 98.3 cm³/mol. The number of fused-ring (bicyclic) bond motifs is 1. The third kappa shape index (κ3) is 4.07. The highest BCUT2D eigenvalue weighted by Gasteiger charge is 2.32. The Labute approximate surface area is 163 Å². The molecule has 0 bridgehead atoms. The van der Waals surface area contributed by atoms with E-state index in [0.29, 0.717) is 5.52 Å². The summed E-state index contributed by atoms with van der Waals surface area (Å²) in [5, 5.41) is 18.8. The van der Waals surface area contributed by atoms with Gasteiger partial charge in [0.05, 0.1) is 35.1 Å². The molecule has 152 valence electrons. The molecule has 4 rings (SSSR count). The topological polar surface area (TPSA) is 78.3 Å². The molecular formula is C19H19F3N5O2+. The maximum Gasteiger partial charge on any atom is 0.416 e. The van der Waals surface area contributed by atoms with Crippen molar-refractivity contribution in [2.75, 3.05) is 13.1 Å². The summed E-state index contributed by atoms with van der Waals surface area (Å²) in [5.41, 5.74) is 1.26. The van der Waals surface area contributed by atoms with Crippen LogP contribution in [0.3, 0.4) is 0 Å². The Morgan fingerprint density at radius 1 is 1.14 bits per heavy atom. The van der Waals surface area contributed by atoms with E-state index in [2.05, 4.69) is 10.3 Å². The van der Waals surface area contributed by atoms with Crippen LogP contribution >= 0.6 is 0 Å². The lowest BCUT2D eigenvalue weighted by Gasteiger charge is -2.29. The normalized spacial score (nSPS) is 20.1. The Hall–Kier alpha value is -3.01. The monoisotopic (exact) mass is 406 g/mol. The lowest BCUT2D eigenvalue weighted by molar-refractivity contribution is -0.919. The van der Waals surface area contributed by atoms with Crippen molar-refractivity contribution in [3.05, 3.63) is 63.7 Å². The lowest BCUT2D eigenvalue weighted by Crippen LogP contribution is -3.11. The molecule has 3 aromatic rings. The van der Waals surface area contributed by atoms with Gasteiger partial charge in [0.25, 0.3) is 5.69 Å². The Morgan fingerprint density at radius 2 is 1.83 bits per heavy atom. The van der Waals surface area contributed by atoms with Crippen molar-refractivity contribution in [3.8, 4) is 0 Å². The highest BCUT2D eigenvalue weighted by atomic mass is 19.4. The van der Waals surface area contributed by atoms with Gasteiger partial charge in [0.1, 0.15) is 12.1 Å². The van der Waals surface area contributed by atoms with Crippen LogP contribution in [0, 0.1) is 10.1 Å². The maximum atomic E-state index is 12.9. The second-order valence-corrected chi connectivity index (χ2v) is 7.32. The van der Waals surface area contributed by atoms with Crippen LogP contribution in [0.25, 0.3) is 11.0 Å². The van der Waals surface area contributed by atoms with Gasteiger partial charge in [0.15, 0.2) is 0 Å². The van der Waals surface area contributed by atoms with Crippen LogP contribution in [-0.4, -0.2) is 33.0 Å². The first-order chi connectivity index (χ1) is 13.8. The summed E-state index contributed by atoms with van der Waals surface area (Å²) in [5.74, 6) is 0. The minimum atomic E-state index is -4.40. The van der Waals surface area contributed by atoms with Gasteiger partial charge in [-0.15, -0.1) is 5.10 Å². The zero-order valence-corrected chi connectivity index (χ0v) is 15.4. The second kappa shape index (κ2) is 7.43. The van der Waals surface area contributed by atoms with Gasteiger partial charge in [-0.1, -0.05) is 5.21 Å². The smallest absolute Gasteiger partial charge is 0.331 e. The Morgan fingerprint density at radius 3 is 2.45 bits per heavy atom. The maximum absolute atomic E-state index is 12.9. The summed E-state index contributed by atoms with van der Waals surface area (Å²) in [7, 11) is 0. The number of nitro groups is 1. The Balaban J connectivity index is 1.41. The molecule has 1 fully saturated rings. The van der Waals surface area contributed by atoms with Crippen molar-refractivity contribution in [1.29, 1.82) is 0 Å². The van der Waals surface area contributed by atoms with E-state index >= 15 is 0 Å². The molecule has 1 aromatic heterocycles. The molecule has 0 saturated carbocycles. The van der Waals surface area contributed by atoms with E-state index in [0.717, 1.165) is 50.2 Å². The summed E-state index contributed by atoms with van der Waals surface area (Å²) in [6.07, 6.45) is -2.73. The summed E-state index contributed by atoms with van der Waals surface area (Å²) < 4.78 is 40.3. The highest BCUT2D eigenvalue weighted by molar-refractivity contribution is 5.75. The molecule has 0 amide bonds. The number of nitro benzene ring substituents is 1. The van der Waals surface area contributed by atoms with Gasteiger partial charge in [-0.05, 0) is 30.3 Å². The first-order valence-electron chi connectivity index (χ1n) is 9.30. The molecule has 1 aliphatic heterocycles. The number of alkyl halides is 3. The number of hydrogen-bond donors (Lipinski definition) is 1. The van der Waals surface area contributed by atoms with Crippen molar-refractivity contribution < 1.29 is 23.0 Å². The molecule has 1 N–H and O–H groups in total. The summed E-state index contributed by atoms with van der Waals surface area (Å²) in [6, 6.07) is 10.2. The average molecular weight is 406 g/mol. The quantitative estimate of drug-likeness (QED) is 0.534. The number of piperidine rings is 1. The standard InChI is InChI=1S/C19H18F3N5O2/c20-19(21,22)14-3-6-18-17(11-14)23-24-26(18)15-7-9-25(10-8-15)12-13-1-4-16(5-2-13)27(28)29/h1-6,11,15H,7-10,12H2/p+1. The number of aromatic nitrogens is 3. The predicted octanol–water partition coefficient (Wildman–Crippen LogP) is 2.78. The fraction of sp³-hybridized carbons (Fsp3) is 0.368. The first-order valence-corrected chi connectivity index (χ1v) is 9.30. The number of likely N-dealkylation sites (tertiary alicyclic amines) is 1. The molecule has 10 heteroatoms. The summed E-state index contributed by atoms with van der Waals surface area (Å²) in [6.45, 7) is 2.53. The van der Waals surface area contributed by atoms with Gasteiger partial charge in [-0.2, -0.15) is 13.2 Å². The number of hydrogen-bond acceptors (Lipinski definition) is 4. The average Bonchev–Trinajstić information content (AvgIpc) is 3.12. The molecule has 0 atom stereocenters.